The van der Waals surface area contributed by atoms with Gasteiger partial charge in [0.1, 0.15) is 11.5 Å². The van der Waals surface area contributed by atoms with E-state index in [1.807, 2.05) is 6.92 Å². The highest BCUT2D eigenvalue weighted by Crippen LogP contribution is 2.31. The monoisotopic (exact) mass is 413 g/mol. The molecule has 0 N–H and O–H groups in total. The van der Waals surface area contributed by atoms with E-state index in [0.717, 1.165) is 0 Å². The molecule has 0 atom stereocenters. The fourth-order valence-electron chi connectivity index (χ4n) is 2.32. The Kier molecular flexibility index (Phi) is 6.12. The van der Waals surface area contributed by atoms with Crippen molar-refractivity contribution in [3.8, 4) is 11.5 Å². The summed E-state index contributed by atoms with van der Waals surface area (Å²) in [6, 6.07) is 11.8. The maximum Gasteiger partial charge on any atom is 0.264 e. The second-order valence-electron chi connectivity index (χ2n) is 4.90. The smallest absolute Gasteiger partial charge is 0.264 e. The standard InChI is InChI=1S/C17H20BrNO4S/c1-4-19(13-7-6-8-14(11-13)23-5-2)24(20,21)15-9-10-17(22-3)16(18)12-15/h6-12H,4-5H2,1-3H3. The van der Waals surface area contributed by atoms with Gasteiger partial charge >= 0.3 is 0 Å². The lowest BCUT2D eigenvalue weighted by Gasteiger charge is -2.23. The van der Waals surface area contributed by atoms with Gasteiger partial charge in [0.2, 0.25) is 0 Å². The lowest BCUT2D eigenvalue weighted by atomic mass is 10.3. The first kappa shape index (κ1) is 18.6. The molecule has 2 aromatic rings. The minimum Gasteiger partial charge on any atom is -0.496 e. The van der Waals surface area contributed by atoms with Crippen molar-refractivity contribution >= 4 is 31.6 Å². The van der Waals surface area contributed by atoms with E-state index in [1.54, 1.807) is 43.3 Å². The summed E-state index contributed by atoms with van der Waals surface area (Å²) < 4.78 is 38.6. The molecule has 0 saturated heterocycles. The number of rotatable bonds is 7. The number of methoxy groups -OCH3 is 1. The molecule has 0 heterocycles. The molecule has 0 bridgehead atoms. The normalized spacial score (nSPS) is 11.2. The summed E-state index contributed by atoms with van der Waals surface area (Å²) >= 11 is 3.33. The van der Waals surface area contributed by atoms with Crippen molar-refractivity contribution in [1.82, 2.24) is 0 Å². The van der Waals surface area contributed by atoms with Crippen LogP contribution in [-0.4, -0.2) is 28.7 Å². The van der Waals surface area contributed by atoms with Crippen LogP contribution in [0.3, 0.4) is 0 Å². The number of hydrogen-bond acceptors (Lipinski definition) is 4. The topological polar surface area (TPSA) is 55.8 Å². The Bertz CT molecular complexity index is 808. The molecule has 0 fully saturated rings. The molecule has 0 aliphatic carbocycles. The van der Waals surface area contributed by atoms with Gasteiger partial charge in [-0.2, -0.15) is 0 Å². The van der Waals surface area contributed by atoms with Gasteiger partial charge in [-0.25, -0.2) is 8.42 Å². The van der Waals surface area contributed by atoms with Gasteiger partial charge in [0.05, 0.1) is 28.8 Å². The van der Waals surface area contributed by atoms with Crippen LogP contribution in [-0.2, 0) is 10.0 Å². The summed E-state index contributed by atoms with van der Waals surface area (Å²) in [6.45, 7) is 4.51. The van der Waals surface area contributed by atoms with Crippen LogP contribution in [0.2, 0.25) is 0 Å². The molecule has 0 radical (unpaired) electrons. The van der Waals surface area contributed by atoms with E-state index in [-0.39, 0.29) is 4.90 Å². The Balaban J connectivity index is 2.45. The summed E-state index contributed by atoms with van der Waals surface area (Å²) in [6.07, 6.45) is 0. The first-order valence-electron chi connectivity index (χ1n) is 7.53. The van der Waals surface area contributed by atoms with Crippen molar-refractivity contribution in [1.29, 1.82) is 0 Å². The van der Waals surface area contributed by atoms with Crippen LogP contribution in [0, 0.1) is 0 Å². The Morgan fingerprint density at radius 2 is 1.88 bits per heavy atom. The summed E-state index contributed by atoms with van der Waals surface area (Å²) in [5.74, 6) is 1.22. The number of sulfonamides is 1. The molecule has 0 amide bonds. The van der Waals surface area contributed by atoms with Gasteiger partial charge in [-0.05, 0) is 60.1 Å². The van der Waals surface area contributed by atoms with Crippen molar-refractivity contribution in [2.45, 2.75) is 18.7 Å². The first-order valence-corrected chi connectivity index (χ1v) is 9.76. The highest BCUT2D eigenvalue weighted by atomic mass is 79.9. The quantitative estimate of drug-likeness (QED) is 0.686. The maximum atomic E-state index is 13.0. The molecular weight excluding hydrogens is 394 g/mol. The van der Waals surface area contributed by atoms with Crippen LogP contribution in [0.15, 0.2) is 51.8 Å². The zero-order valence-electron chi connectivity index (χ0n) is 13.8. The van der Waals surface area contributed by atoms with Gasteiger partial charge in [0.15, 0.2) is 0 Å². The summed E-state index contributed by atoms with van der Waals surface area (Å²) in [7, 11) is -2.16. The van der Waals surface area contributed by atoms with Crippen molar-refractivity contribution in [2.75, 3.05) is 24.6 Å². The maximum absolute atomic E-state index is 13.0. The fraction of sp³-hybridized carbons (Fsp3) is 0.294. The Morgan fingerprint density at radius 1 is 1.12 bits per heavy atom. The molecule has 0 aromatic heterocycles. The predicted molar refractivity (Wildman–Crippen MR) is 98.5 cm³/mol. The SMILES string of the molecule is CCOc1cccc(N(CC)S(=O)(=O)c2ccc(OC)c(Br)c2)c1. The minimum absolute atomic E-state index is 0.193. The van der Waals surface area contributed by atoms with Crippen molar-refractivity contribution in [3.63, 3.8) is 0 Å². The largest absolute Gasteiger partial charge is 0.496 e. The van der Waals surface area contributed by atoms with E-state index >= 15 is 0 Å². The van der Waals surface area contributed by atoms with E-state index in [9.17, 15) is 8.42 Å². The zero-order chi connectivity index (χ0) is 17.7. The summed E-state index contributed by atoms with van der Waals surface area (Å²) in [4.78, 5) is 0.193. The van der Waals surface area contributed by atoms with Crippen LogP contribution >= 0.6 is 15.9 Å². The van der Waals surface area contributed by atoms with Crippen molar-refractivity contribution in [2.24, 2.45) is 0 Å². The average molecular weight is 414 g/mol. The first-order chi connectivity index (χ1) is 11.4. The van der Waals surface area contributed by atoms with E-state index in [1.165, 1.54) is 17.5 Å². The number of halogens is 1. The lowest BCUT2D eigenvalue weighted by molar-refractivity contribution is 0.340. The van der Waals surface area contributed by atoms with Crippen LogP contribution in [0.4, 0.5) is 5.69 Å². The third-order valence-corrected chi connectivity index (χ3v) is 5.93. The third kappa shape index (κ3) is 3.84. The van der Waals surface area contributed by atoms with Crippen LogP contribution in [0.25, 0.3) is 0 Å². The van der Waals surface area contributed by atoms with Crippen molar-refractivity contribution in [3.05, 3.63) is 46.9 Å². The summed E-state index contributed by atoms with van der Waals surface area (Å²) in [5, 5.41) is 0. The Labute approximate surface area is 151 Å². The molecular formula is C17H20BrNO4S. The molecule has 130 valence electrons. The summed E-state index contributed by atoms with van der Waals surface area (Å²) in [5.41, 5.74) is 0.565. The fourth-order valence-corrected chi connectivity index (χ4v) is 4.51. The predicted octanol–water partition coefficient (Wildman–Crippen LogP) is 4.07. The van der Waals surface area contributed by atoms with Gasteiger partial charge in [-0.15, -0.1) is 0 Å². The van der Waals surface area contributed by atoms with Gasteiger partial charge in [-0.3, -0.25) is 4.31 Å². The van der Waals surface area contributed by atoms with E-state index in [2.05, 4.69) is 15.9 Å². The molecule has 7 heteroatoms. The average Bonchev–Trinajstić information content (AvgIpc) is 2.56. The second-order valence-corrected chi connectivity index (χ2v) is 7.61. The highest BCUT2D eigenvalue weighted by Gasteiger charge is 2.24. The van der Waals surface area contributed by atoms with Crippen molar-refractivity contribution < 1.29 is 17.9 Å². The number of nitrogens with zero attached hydrogens (tertiary/aromatic N) is 1. The molecule has 2 rings (SSSR count). The lowest BCUT2D eigenvalue weighted by Crippen LogP contribution is -2.30. The molecule has 24 heavy (non-hydrogen) atoms. The molecule has 0 spiro atoms. The molecule has 0 aliphatic rings. The van der Waals surface area contributed by atoms with Crippen LogP contribution < -0.4 is 13.8 Å². The number of anilines is 1. The van der Waals surface area contributed by atoms with E-state index < -0.39 is 10.0 Å². The molecule has 2 aromatic carbocycles. The van der Waals surface area contributed by atoms with Gasteiger partial charge in [0, 0.05) is 12.6 Å². The van der Waals surface area contributed by atoms with Gasteiger partial charge < -0.3 is 9.47 Å². The van der Waals surface area contributed by atoms with Gasteiger partial charge in [0.25, 0.3) is 10.0 Å². The molecule has 0 saturated carbocycles. The van der Waals surface area contributed by atoms with E-state index in [0.29, 0.717) is 34.8 Å². The Hall–Kier alpha value is -1.73. The van der Waals surface area contributed by atoms with Crippen LogP contribution in [0.5, 0.6) is 11.5 Å². The van der Waals surface area contributed by atoms with Gasteiger partial charge in [-0.1, -0.05) is 6.07 Å². The highest BCUT2D eigenvalue weighted by molar-refractivity contribution is 9.10. The second kappa shape index (κ2) is 7.90. The zero-order valence-corrected chi connectivity index (χ0v) is 16.2. The third-order valence-electron chi connectivity index (χ3n) is 3.42. The molecule has 0 aliphatic heterocycles. The molecule has 0 unspecified atom stereocenters. The number of benzene rings is 2. The minimum atomic E-state index is -3.69. The Morgan fingerprint density at radius 3 is 2.46 bits per heavy atom. The number of hydrogen-bond donors (Lipinski definition) is 0. The van der Waals surface area contributed by atoms with E-state index in [4.69, 9.17) is 9.47 Å². The molecule has 5 nitrogen and oxygen atoms in total. The number of ether oxygens (including phenoxy) is 2. The van der Waals surface area contributed by atoms with Crippen LogP contribution in [0.1, 0.15) is 13.8 Å².